The summed E-state index contributed by atoms with van der Waals surface area (Å²) in [7, 11) is 0. The minimum Gasteiger partial charge on any atom is -0.390 e. The van der Waals surface area contributed by atoms with Gasteiger partial charge in [-0.3, -0.25) is 4.90 Å². The molecule has 0 spiro atoms. The molecule has 0 aliphatic carbocycles. The maximum Gasteiger partial charge on any atom is 0.0620 e. The summed E-state index contributed by atoms with van der Waals surface area (Å²) >= 11 is 0. The summed E-state index contributed by atoms with van der Waals surface area (Å²) in [5, 5.41) is 10.6. The molecule has 0 saturated carbocycles. The highest BCUT2D eigenvalue weighted by Crippen LogP contribution is 2.21. The average Bonchev–Trinajstić information content (AvgIpc) is 2.63. The summed E-state index contributed by atoms with van der Waals surface area (Å²) in [6.45, 7) is 7.12. The van der Waals surface area contributed by atoms with Crippen LogP contribution < -0.4 is 0 Å². The van der Waals surface area contributed by atoms with Crippen LogP contribution in [0.1, 0.15) is 63.5 Å². The number of rotatable bonds is 12. The highest BCUT2D eigenvalue weighted by Gasteiger charge is 2.19. The van der Waals surface area contributed by atoms with Crippen LogP contribution in [0.2, 0.25) is 0 Å². The second-order valence-electron chi connectivity index (χ2n) is 7.74. The van der Waals surface area contributed by atoms with Crippen molar-refractivity contribution >= 4 is 0 Å². The molecule has 26 heavy (non-hydrogen) atoms. The Hall–Kier alpha value is -1.64. The van der Waals surface area contributed by atoms with Crippen molar-refractivity contribution in [2.24, 2.45) is 0 Å². The first-order chi connectivity index (χ1) is 12.6. The molecule has 0 aliphatic heterocycles. The van der Waals surface area contributed by atoms with Crippen LogP contribution in [-0.2, 0) is 13.1 Å². The van der Waals surface area contributed by atoms with Gasteiger partial charge in [0.05, 0.1) is 5.60 Å². The molecule has 0 aromatic heterocycles. The first kappa shape index (κ1) is 20.7. The number of hydrogen-bond acceptors (Lipinski definition) is 2. The van der Waals surface area contributed by atoms with E-state index in [9.17, 15) is 5.11 Å². The van der Waals surface area contributed by atoms with E-state index in [-0.39, 0.29) is 0 Å². The van der Waals surface area contributed by atoms with Gasteiger partial charge < -0.3 is 5.11 Å². The zero-order valence-corrected chi connectivity index (χ0v) is 16.5. The van der Waals surface area contributed by atoms with Crippen LogP contribution in [0.25, 0.3) is 0 Å². The van der Waals surface area contributed by atoms with E-state index in [2.05, 4.69) is 72.5 Å². The van der Waals surface area contributed by atoms with E-state index < -0.39 is 5.60 Å². The lowest BCUT2D eigenvalue weighted by molar-refractivity contribution is 0.0340. The lowest BCUT2D eigenvalue weighted by Gasteiger charge is -2.27. The number of nitrogens with zero attached hydrogens (tertiary/aromatic N) is 1. The third kappa shape index (κ3) is 8.16. The quantitative estimate of drug-likeness (QED) is 0.487. The topological polar surface area (TPSA) is 23.5 Å². The van der Waals surface area contributed by atoms with Crippen molar-refractivity contribution < 1.29 is 5.11 Å². The molecule has 2 rings (SSSR count). The molecular formula is C24H35NO. The SMILES string of the molecule is CCCCCC(C)(O)CCCN(Cc1ccccc1)Cc1ccccc1. The summed E-state index contributed by atoms with van der Waals surface area (Å²) in [6.07, 6.45) is 6.36. The first-order valence-electron chi connectivity index (χ1n) is 10.1. The Morgan fingerprint density at radius 1 is 0.769 bits per heavy atom. The van der Waals surface area contributed by atoms with Crippen LogP contribution in [0.5, 0.6) is 0 Å². The zero-order chi connectivity index (χ0) is 18.7. The number of unbranched alkanes of at least 4 members (excludes halogenated alkanes) is 2. The number of benzene rings is 2. The van der Waals surface area contributed by atoms with Crippen molar-refractivity contribution in [3.05, 3.63) is 71.8 Å². The predicted octanol–water partition coefficient (Wildman–Crippen LogP) is 5.80. The first-order valence-corrected chi connectivity index (χ1v) is 10.1. The van der Waals surface area contributed by atoms with Gasteiger partial charge in [0, 0.05) is 13.1 Å². The van der Waals surface area contributed by atoms with Gasteiger partial charge in [0.2, 0.25) is 0 Å². The molecule has 2 heteroatoms. The monoisotopic (exact) mass is 353 g/mol. The number of hydrogen-bond donors (Lipinski definition) is 1. The highest BCUT2D eigenvalue weighted by atomic mass is 16.3. The van der Waals surface area contributed by atoms with E-state index >= 15 is 0 Å². The molecule has 0 radical (unpaired) electrons. The van der Waals surface area contributed by atoms with Crippen LogP contribution in [-0.4, -0.2) is 22.2 Å². The van der Waals surface area contributed by atoms with Gasteiger partial charge >= 0.3 is 0 Å². The van der Waals surface area contributed by atoms with E-state index in [4.69, 9.17) is 0 Å². The fraction of sp³-hybridized carbons (Fsp3) is 0.500. The Kier molecular flexibility index (Phi) is 8.87. The maximum atomic E-state index is 10.6. The van der Waals surface area contributed by atoms with Crippen molar-refractivity contribution in [1.29, 1.82) is 0 Å². The Labute approximate surface area is 159 Å². The van der Waals surface area contributed by atoms with Crippen molar-refractivity contribution in [2.75, 3.05) is 6.54 Å². The second-order valence-corrected chi connectivity index (χ2v) is 7.74. The molecule has 2 aromatic carbocycles. The Morgan fingerprint density at radius 2 is 1.27 bits per heavy atom. The molecule has 0 heterocycles. The standard InChI is InChI=1S/C24H35NO/c1-3-4-11-17-24(2,26)18-12-19-25(20-22-13-7-5-8-14-22)21-23-15-9-6-10-16-23/h5-10,13-16,26H,3-4,11-12,17-21H2,1-2H3. The Morgan fingerprint density at radius 3 is 1.77 bits per heavy atom. The Bertz CT molecular complexity index is 553. The van der Waals surface area contributed by atoms with E-state index in [1.807, 2.05) is 6.92 Å². The number of aliphatic hydroxyl groups is 1. The summed E-state index contributed by atoms with van der Waals surface area (Å²) < 4.78 is 0. The molecule has 0 fully saturated rings. The van der Waals surface area contributed by atoms with Crippen LogP contribution in [0.15, 0.2) is 60.7 Å². The fourth-order valence-electron chi connectivity index (χ4n) is 3.46. The summed E-state index contributed by atoms with van der Waals surface area (Å²) in [6, 6.07) is 21.3. The molecule has 1 atom stereocenters. The van der Waals surface area contributed by atoms with E-state index in [1.165, 1.54) is 24.0 Å². The van der Waals surface area contributed by atoms with E-state index in [1.54, 1.807) is 0 Å². The van der Waals surface area contributed by atoms with Crippen LogP contribution in [0.3, 0.4) is 0 Å². The van der Waals surface area contributed by atoms with Gasteiger partial charge in [-0.15, -0.1) is 0 Å². The van der Waals surface area contributed by atoms with Gasteiger partial charge in [0.25, 0.3) is 0 Å². The van der Waals surface area contributed by atoms with E-state index in [0.717, 1.165) is 45.3 Å². The molecule has 1 N–H and O–H groups in total. The van der Waals surface area contributed by atoms with Gasteiger partial charge in [-0.25, -0.2) is 0 Å². The molecule has 2 nitrogen and oxygen atoms in total. The van der Waals surface area contributed by atoms with Crippen molar-refractivity contribution in [2.45, 2.75) is 71.1 Å². The molecule has 0 amide bonds. The van der Waals surface area contributed by atoms with Crippen LogP contribution in [0, 0.1) is 0 Å². The largest absolute Gasteiger partial charge is 0.390 e. The molecule has 0 saturated heterocycles. The summed E-state index contributed by atoms with van der Waals surface area (Å²) in [5.41, 5.74) is 2.16. The van der Waals surface area contributed by atoms with Crippen molar-refractivity contribution in [1.82, 2.24) is 4.90 Å². The summed E-state index contributed by atoms with van der Waals surface area (Å²) in [5.74, 6) is 0. The smallest absolute Gasteiger partial charge is 0.0620 e. The lowest BCUT2D eigenvalue weighted by Crippen LogP contribution is -2.28. The molecular weight excluding hydrogens is 318 g/mol. The molecule has 1 unspecified atom stereocenters. The lowest BCUT2D eigenvalue weighted by atomic mass is 9.93. The molecule has 2 aromatic rings. The van der Waals surface area contributed by atoms with Gasteiger partial charge in [-0.1, -0.05) is 86.8 Å². The van der Waals surface area contributed by atoms with Gasteiger partial charge in [0.15, 0.2) is 0 Å². The normalized spacial score (nSPS) is 13.7. The minimum atomic E-state index is -0.527. The minimum absolute atomic E-state index is 0.527. The van der Waals surface area contributed by atoms with Crippen molar-refractivity contribution in [3.63, 3.8) is 0 Å². The third-order valence-electron chi connectivity index (χ3n) is 5.01. The highest BCUT2D eigenvalue weighted by molar-refractivity contribution is 5.17. The van der Waals surface area contributed by atoms with Gasteiger partial charge in [-0.05, 0) is 43.9 Å². The second kappa shape index (κ2) is 11.2. The zero-order valence-electron chi connectivity index (χ0n) is 16.5. The Balaban J connectivity index is 1.89. The molecule has 0 aliphatic rings. The predicted molar refractivity (Wildman–Crippen MR) is 111 cm³/mol. The average molecular weight is 354 g/mol. The fourth-order valence-corrected chi connectivity index (χ4v) is 3.46. The van der Waals surface area contributed by atoms with Crippen LogP contribution >= 0.6 is 0 Å². The van der Waals surface area contributed by atoms with Crippen LogP contribution in [0.4, 0.5) is 0 Å². The van der Waals surface area contributed by atoms with Crippen molar-refractivity contribution in [3.8, 4) is 0 Å². The molecule has 142 valence electrons. The summed E-state index contributed by atoms with van der Waals surface area (Å²) in [4.78, 5) is 2.49. The third-order valence-corrected chi connectivity index (χ3v) is 5.01. The maximum absolute atomic E-state index is 10.6. The van der Waals surface area contributed by atoms with E-state index in [0.29, 0.717) is 0 Å². The molecule has 0 bridgehead atoms. The van der Waals surface area contributed by atoms with Gasteiger partial charge in [0.1, 0.15) is 0 Å². The van der Waals surface area contributed by atoms with Gasteiger partial charge in [-0.2, -0.15) is 0 Å².